The van der Waals surface area contributed by atoms with Gasteiger partial charge in [0.1, 0.15) is 6.04 Å². The van der Waals surface area contributed by atoms with Crippen molar-refractivity contribution in [1.29, 1.82) is 0 Å². The van der Waals surface area contributed by atoms with Crippen LogP contribution in [0, 0.1) is 0 Å². The maximum Gasteiger partial charge on any atom is 1.00 e. The molecule has 0 bridgehead atoms. The zero-order chi connectivity index (χ0) is 21.4. The molecule has 0 aromatic rings. The first-order valence-corrected chi connectivity index (χ1v) is 9.82. The molecule has 0 aromatic carbocycles. The minimum Gasteiger partial charge on any atom is -0.550 e. The molecule has 2 amide bonds. The van der Waals surface area contributed by atoms with Crippen LogP contribution in [0.5, 0.6) is 0 Å². The molecule has 0 aliphatic heterocycles. The van der Waals surface area contributed by atoms with Gasteiger partial charge in [0.05, 0.1) is 6.61 Å². The van der Waals surface area contributed by atoms with Crippen molar-refractivity contribution in [3.63, 3.8) is 0 Å². The van der Waals surface area contributed by atoms with Crippen LogP contribution in [0.25, 0.3) is 0 Å². The number of carboxylic acid groups (broad SMARTS) is 1. The van der Waals surface area contributed by atoms with E-state index in [9.17, 15) is 24.3 Å². The first-order valence-electron chi connectivity index (χ1n) is 9.82. The molecule has 1 atom stereocenters. The van der Waals surface area contributed by atoms with Gasteiger partial charge in [-0.3, -0.25) is 14.5 Å². The number of rotatable bonds is 16. The maximum atomic E-state index is 12.7. The molecule has 0 aromatic heterocycles. The molecule has 0 saturated carbocycles. The van der Waals surface area contributed by atoms with Gasteiger partial charge >= 0.3 is 35.5 Å². The Balaban J connectivity index is 0. The fourth-order valence-corrected chi connectivity index (χ4v) is 2.59. The van der Waals surface area contributed by atoms with Crippen LogP contribution >= 0.6 is 0 Å². The standard InChI is InChI=1S/C21H33NO6.Na/c1-4-7-9-11-13-18(23)22(19(24)14-12-10-8-5-2)17(16-20(25)26)21(27)28-15-6-3;/h4-5,17H,1-2,6-16H2,3H3,(H,25,26);/q;+1/p-1. The van der Waals surface area contributed by atoms with Crippen molar-refractivity contribution in [1.82, 2.24) is 4.90 Å². The number of aliphatic carboxylic acids is 1. The molecule has 0 rings (SSSR count). The molecule has 29 heavy (non-hydrogen) atoms. The van der Waals surface area contributed by atoms with Crippen molar-refractivity contribution in [2.24, 2.45) is 0 Å². The topological polar surface area (TPSA) is 104 Å². The number of hydrogen-bond acceptors (Lipinski definition) is 6. The molecule has 0 N–H and O–H groups in total. The van der Waals surface area contributed by atoms with E-state index in [0.29, 0.717) is 32.1 Å². The van der Waals surface area contributed by atoms with Crippen LogP contribution in [0.3, 0.4) is 0 Å². The van der Waals surface area contributed by atoms with E-state index in [-0.39, 0.29) is 49.0 Å². The summed E-state index contributed by atoms with van der Waals surface area (Å²) in [4.78, 5) is 49.6. The Bertz CT molecular complexity index is 521. The number of carbonyl (C=O) groups excluding carboxylic acids is 4. The van der Waals surface area contributed by atoms with Crippen molar-refractivity contribution >= 4 is 23.8 Å². The molecule has 7 nitrogen and oxygen atoms in total. The van der Waals surface area contributed by atoms with Gasteiger partial charge in [0.15, 0.2) is 0 Å². The normalized spacial score (nSPS) is 10.9. The van der Waals surface area contributed by atoms with E-state index < -0.39 is 36.2 Å². The Morgan fingerprint density at radius 3 is 1.83 bits per heavy atom. The number of esters is 1. The Hall–Kier alpha value is -1.44. The Kier molecular flexibility index (Phi) is 19.1. The summed E-state index contributed by atoms with van der Waals surface area (Å²) in [7, 11) is 0. The number of hydrogen-bond donors (Lipinski definition) is 0. The van der Waals surface area contributed by atoms with Crippen molar-refractivity contribution in [3.05, 3.63) is 25.3 Å². The van der Waals surface area contributed by atoms with Crippen LogP contribution in [0.15, 0.2) is 25.3 Å². The quantitative estimate of drug-likeness (QED) is 0.142. The van der Waals surface area contributed by atoms with E-state index in [1.165, 1.54) is 0 Å². The molecule has 0 radical (unpaired) electrons. The van der Waals surface area contributed by atoms with Gasteiger partial charge in [-0.15, -0.1) is 13.2 Å². The van der Waals surface area contributed by atoms with Crippen molar-refractivity contribution in [2.75, 3.05) is 6.61 Å². The summed E-state index contributed by atoms with van der Waals surface area (Å²) in [5.41, 5.74) is 0. The largest absolute Gasteiger partial charge is 1.00 e. The van der Waals surface area contributed by atoms with Crippen molar-refractivity contribution < 1.29 is 58.6 Å². The third-order valence-corrected chi connectivity index (χ3v) is 4.03. The zero-order valence-electron chi connectivity index (χ0n) is 17.8. The number of imide groups is 1. The summed E-state index contributed by atoms with van der Waals surface area (Å²) in [5.74, 6) is -3.57. The van der Waals surface area contributed by atoms with Crippen LogP contribution in [-0.4, -0.2) is 41.3 Å². The molecular formula is C21H32NNaO6. The van der Waals surface area contributed by atoms with E-state index in [2.05, 4.69) is 13.2 Å². The van der Waals surface area contributed by atoms with Crippen molar-refractivity contribution in [2.45, 2.75) is 77.2 Å². The number of nitrogens with zero attached hydrogens (tertiary/aromatic N) is 1. The van der Waals surface area contributed by atoms with Gasteiger partial charge in [-0.1, -0.05) is 19.1 Å². The number of carbonyl (C=O) groups is 4. The molecule has 8 heteroatoms. The van der Waals surface area contributed by atoms with Gasteiger partial charge in [0.25, 0.3) is 0 Å². The minimum absolute atomic E-state index is 0. The van der Waals surface area contributed by atoms with Gasteiger partial charge in [-0.05, 0) is 44.9 Å². The molecule has 158 valence electrons. The summed E-state index contributed by atoms with van der Waals surface area (Å²) in [5, 5.41) is 11.1. The van der Waals surface area contributed by atoms with Gasteiger partial charge in [-0.25, -0.2) is 4.79 Å². The monoisotopic (exact) mass is 417 g/mol. The number of carboxylic acids is 1. The summed E-state index contributed by atoms with van der Waals surface area (Å²) < 4.78 is 5.02. The summed E-state index contributed by atoms with van der Waals surface area (Å²) in [6.45, 7) is 9.09. The van der Waals surface area contributed by atoms with Crippen molar-refractivity contribution in [3.8, 4) is 0 Å². The first-order chi connectivity index (χ1) is 13.4. The summed E-state index contributed by atoms with van der Waals surface area (Å²) in [6.07, 6.45) is 7.18. The second-order valence-electron chi connectivity index (χ2n) is 6.49. The molecule has 0 heterocycles. The molecule has 0 aliphatic carbocycles. The number of unbranched alkanes of at least 4 members (excludes halogenated alkanes) is 4. The minimum atomic E-state index is -1.53. The predicted molar refractivity (Wildman–Crippen MR) is 104 cm³/mol. The van der Waals surface area contributed by atoms with Crippen LogP contribution in [0.1, 0.15) is 71.1 Å². The Labute approximate surface area is 195 Å². The zero-order valence-corrected chi connectivity index (χ0v) is 19.8. The Morgan fingerprint density at radius 1 is 0.966 bits per heavy atom. The van der Waals surface area contributed by atoms with E-state index >= 15 is 0 Å². The number of amides is 2. The van der Waals surface area contributed by atoms with Crippen LogP contribution in [-0.2, 0) is 23.9 Å². The fraction of sp³-hybridized carbons (Fsp3) is 0.619. The second-order valence-corrected chi connectivity index (χ2v) is 6.49. The molecule has 0 fully saturated rings. The molecule has 0 aliphatic rings. The van der Waals surface area contributed by atoms with E-state index in [1.807, 2.05) is 0 Å². The van der Waals surface area contributed by atoms with Crippen LogP contribution < -0.4 is 34.7 Å². The molecule has 0 saturated heterocycles. The predicted octanol–water partition coefficient (Wildman–Crippen LogP) is -0.700. The van der Waals surface area contributed by atoms with Crippen LogP contribution in [0.2, 0.25) is 0 Å². The average Bonchev–Trinajstić information content (AvgIpc) is 2.65. The van der Waals surface area contributed by atoms with Gasteiger partial charge < -0.3 is 14.6 Å². The van der Waals surface area contributed by atoms with E-state index in [1.54, 1.807) is 19.1 Å². The van der Waals surface area contributed by atoms with Crippen LogP contribution in [0.4, 0.5) is 0 Å². The first kappa shape index (κ1) is 29.8. The van der Waals surface area contributed by atoms with Gasteiger partial charge in [0, 0.05) is 25.2 Å². The third kappa shape index (κ3) is 13.4. The third-order valence-electron chi connectivity index (χ3n) is 4.03. The SMILES string of the molecule is C=CCCCCC(=O)N(C(=O)CCCCC=C)C(CC(=O)[O-])C(=O)OCCC.[Na+]. The fourth-order valence-electron chi connectivity index (χ4n) is 2.59. The van der Waals surface area contributed by atoms with Gasteiger partial charge in [-0.2, -0.15) is 0 Å². The average molecular weight is 417 g/mol. The molecule has 1 unspecified atom stereocenters. The van der Waals surface area contributed by atoms with E-state index in [0.717, 1.165) is 17.7 Å². The number of ether oxygens (including phenoxy) is 1. The summed E-state index contributed by atoms with van der Waals surface area (Å²) in [6, 6.07) is -1.50. The molecular weight excluding hydrogens is 385 g/mol. The summed E-state index contributed by atoms with van der Waals surface area (Å²) >= 11 is 0. The second kappa shape index (κ2) is 18.6. The maximum absolute atomic E-state index is 12.7. The molecule has 0 spiro atoms. The van der Waals surface area contributed by atoms with E-state index in [4.69, 9.17) is 4.74 Å². The van der Waals surface area contributed by atoms with Gasteiger partial charge in [0.2, 0.25) is 11.8 Å². The Morgan fingerprint density at radius 2 is 1.45 bits per heavy atom. The smallest absolute Gasteiger partial charge is 0.550 e. The number of allylic oxidation sites excluding steroid dienone is 2.